The number of rotatable bonds is 12. The Balaban J connectivity index is 0.000000221. The van der Waals surface area contributed by atoms with E-state index in [0.29, 0.717) is 53.2 Å². The Bertz CT molecular complexity index is 2340. The molecule has 12 nitrogen and oxygen atoms in total. The molecule has 0 amide bonds. The number of nitrogens with two attached hydrogens (primary N) is 2. The highest BCUT2D eigenvalue weighted by molar-refractivity contribution is 7.89. The fourth-order valence-electron chi connectivity index (χ4n) is 6.47. The minimum atomic E-state index is -3.68. The zero-order chi connectivity index (χ0) is 42.3. The van der Waals surface area contributed by atoms with Gasteiger partial charge >= 0.3 is 5.69 Å². The fraction of sp³-hybridized carbons (Fsp3) is 0.419. The maximum Gasteiger partial charge on any atom is 0.354 e. The fourth-order valence-corrected chi connectivity index (χ4v) is 8.46. The van der Waals surface area contributed by atoms with Crippen molar-refractivity contribution < 1.29 is 13.2 Å². The van der Waals surface area contributed by atoms with Crippen LogP contribution in [0.1, 0.15) is 83.2 Å². The molecule has 0 unspecified atom stereocenters. The highest BCUT2D eigenvalue weighted by Crippen LogP contribution is 2.30. The first kappa shape index (κ1) is 44.9. The first-order valence-corrected chi connectivity index (χ1v) is 21.6. The van der Waals surface area contributed by atoms with E-state index in [1.54, 1.807) is 33.1 Å². The largest absolute Gasteiger partial charge is 0.381 e. The number of aliphatic imine (C=N–C) groups is 1. The number of aromatic amines is 1. The molecule has 0 spiro atoms. The second-order valence-electron chi connectivity index (χ2n) is 16.6. The molecule has 0 radical (unpaired) electrons. The molecule has 0 aliphatic carbocycles. The molecule has 2 aromatic heterocycles. The molecule has 0 saturated carbocycles. The van der Waals surface area contributed by atoms with Crippen LogP contribution in [0.2, 0.25) is 10.0 Å². The third-order valence-electron chi connectivity index (χ3n) is 9.91. The molecule has 1 saturated heterocycles. The maximum atomic E-state index is 13.6. The minimum Gasteiger partial charge on any atom is -0.381 e. The summed E-state index contributed by atoms with van der Waals surface area (Å²) < 4.78 is 35.8. The van der Waals surface area contributed by atoms with Gasteiger partial charge in [-0.2, -0.15) is 9.29 Å². The lowest BCUT2D eigenvalue weighted by Crippen LogP contribution is -2.42. The highest BCUT2D eigenvalue weighted by Gasteiger charge is 2.33. The van der Waals surface area contributed by atoms with E-state index in [0.717, 1.165) is 53.0 Å². The van der Waals surface area contributed by atoms with Crippen LogP contribution in [-0.4, -0.2) is 65.6 Å². The molecule has 0 atom stereocenters. The number of nitrogens with one attached hydrogen (secondary N) is 2. The number of guanidine groups is 1. The van der Waals surface area contributed by atoms with Crippen LogP contribution in [0.4, 0.5) is 0 Å². The summed E-state index contributed by atoms with van der Waals surface area (Å²) in [6.07, 6.45) is 4.04. The number of sulfonamides is 1. The topological polar surface area (TPSA) is 174 Å². The Morgan fingerprint density at radius 3 is 2.19 bits per heavy atom. The van der Waals surface area contributed by atoms with Crippen molar-refractivity contribution in [3.8, 4) is 5.69 Å². The molecule has 3 heterocycles. The van der Waals surface area contributed by atoms with Crippen molar-refractivity contribution in [3.05, 3.63) is 122 Å². The molecular weight excluding hydrogens is 795 g/mol. The van der Waals surface area contributed by atoms with Gasteiger partial charge in [-0.15, -0.1) is 0 Å². The molecule has 6 rings (SSSR count). The number of hydrogen-bond donors (Lipinski definition) is 4. The summed E-state index contributed by atoms with van der Waals surface area (Å²) in [4.78, 5) is 24.2. The number of aromatic nitrogens is 3. The van der Waals surface area contributed by atoms with Crippen LogP contribution in [0, 0.1) is 0 Å². The van der Waals surface area contributed by atoms with Crippen LogP contribution in [-0.2, 0) is 38.7 Å². The van der Waals surface area contributed by atoms with Crippen molar-refractivity contribution in [2.24, 2.45) is 16.5 Å². The van der Waals surface area contributed by atoms with Crippen LogP contribution < -0.4 is 22.5 Å². The third-order valence-corrected chi connectivity index (χ3v) is 12.6. The zero-order valence-electron chi connectivity index (χ0n) is 34.2. The van der Waals surface area contributed by atoms with Gasteiger partial charge in [0.25, 0.3) is 0 Å². The molecule has 3 aromatic carbocycles. The lowest BCUT2D eigenvalue weighted by atomic mass is 9.87. The van der Waals surface area contributed by atoms with E-state index >= 15 is 0 Å². The van der Waals surface area contributed by atoms with E-state index in [9.17, 15) is 13.2 Å². The molecular formula is C43H56Cl2N8O4S. The number of H-pyrrole nitrogens is 1. The molecule has 1 fully saturated rings. The molecule has 5 aromatic rings. The first-order valence-electron chi connectivity index (χ1n) is 19.5. The second-order valence-corrected chi connectivity index (χ2v) is 19.3. The summed E-state index contributed by atoms with van der Waals surface area (Å²) in [5.41, 5.74) is 15.7. The van der Waals surface area contributed by atoms with Gasteiger partial charge in [-0.3, -0.25) is 9.56 Å². The van der Waals surface area contributed by atoms with Crippen LogP contribution in [0.25, 0.3) is 16.7 Å². The van der Waals surface area contributed by atoms with Gasteiger partial charge in [0.2, 0.25) is 10.0 Å². The van der Waals surface area contributed by atoms with Crippen LogP contribution in [0.5, 0.6) is 0 Å². The van der Waals surface area contributed by atoms with E-state index in [1.807, 2.05) is 48.7 Å². The number of hydrogen-bond acceptors (Lipinski definition) is 7. The normalized spacial score (nSPS) is 14.0. The van der Waals surface area contributed by atoms with Gasteiger partial charge in [0.1, 0.15) is 5.65 Å². The van der Waals surface area contributed by atoms with E-state index in [1.165, 1.54) is 0 Å². The molecule has 1 aliphatic heterocycles. The van der Waals surface area contributed by atoms with Crippen molar-refractivity contribution >= 4 is 50.2 Å². The summed E-state index contributed by atoms with van der Waals surface area (Å²) >= 11 is 12.2. The monoisotopic (exact) mass is 850 g/mol. The Kier molecular flexibility index (Phi) is 14.9. The number of ether oxygens (including phenoxy) is 1. The predicted molar refractivity (Wildman–Crippen MR) is 236 cm³/mol. The molecule has 312 valence electrons. The smallest absolute Gasteiger partial charge is 0.354 e. The Labute approximate surface area is 352 Å². The summed E-state index contributed by atoms with van der Waals surface area (Å²) in [7, 11) is -3.68. The maximum absolute atomic E-state index is 13.6. The van der Waals surface area contributed by atoms with Gasteiger partial charge < -0.3 is 26.5 Å². The Hall–Kier alpha value is -4.24. The number of benzene rings is 3. The van der Waals surface area contributed by atoms with Crippen molar-refractivity contribution in [2.75, 3.05) is 26.3 Å². The minimum absolute atomic E-state index is 0.0352. The molecule has 15 heteroatoms. The molecule has 1 aliphatic rings. The van der Waals surface area contributed by atoms with Gasteiger partial charge in [-0.25, -0.2) is 13.2 Å². The summed E-state index contributed by atoms with van der Waals surface area (Å²) in [5.74, 6) is 0.123. The Morgan fingerprint density at radius 1 is 0.931 bits per heavy atom. The molecule has 58 heavy (non-hydrogen) atoms. The highest BCUT2D eigenvalue weighted by atomic mass is 35.5. The predicted octanol–water partition coefficient (Wildman–Crippen LogP) is 7.43. The van der Waals surface area contributed by atoms with Gasteiger partial charge in [-0.05, 0) is 90.4 Å². The summed E-state index contributed by atoms with van der Waals surface area (Å²) in [5, 5.41) is 5.14. The van der Waals surface area contributed by atoms with E-state index in [2.05, 4.69) is 67.9 Å². The van der Waals surface area contributed by atoms with Gasteiger partial charge in [-0.1, -0.05) is 95.1 Å². The van der Waals surface area contributed by atoms with E-state index < -0.39 is 10.0 Å². The average Bonchev–Trinajstić information content (AvgIpc) is 3.60. The van der Waals surface area contributed by atoms with Crippen LogP contribution in [0.3, 0.4) is 0 Å². The van der Waals surface area contributed by atoms with Gasteiger partial charge in [0, 0.05) is 61.6 Å². The first-order chi connectivity index (χ1) is 27.3. The summed E-state index contributed by atoms with van der Waals surface area (Å²) in [6.45, 7) is 16.2. The van der Waals surface area contributed by atoms with Gasteiger partial charge in [0.05, 0.1) is 20.6 Å². The number of fused-ring (bicyclic) bond motifs is 1. The quantitative estimate of drug-likeness (QED) is 0.0570. The van der Waals surface area contributed by atoms with Crippen molar-refractivity contribution in [1.29, 1.82) is 0 Å². The van der Waals surface area contributed by atoms with E-state index in [-0.39, 0.29) is 35.1 Å². The lowest BCUT2D eigenvalue weighted by molar-refractivity contribution is 0.0569. The van der Waals surface area contributed by atoms with Crippen LogP contribution in [0.15, 0.2) is 93.7 Å². The average molecular weight is 852 g/mol. The lowest BCUT2D eigenvalue weighted by Gasteiger charge is -2.33. The standard InChI is InChI=1S/C22H27Cl2NO3S.C21H29N7O/c1-22(2,3)17-5-7-19(8-6-17)29(26,27)25(18-10-12-28-13-11-18)15-16-4-9-20(23)21(24)14-16;1-21(2,3)17-11-15-13-28(20(29)27-18(15)26-17)16-7-5-14(6-8-16)12-24-9-4-10-25-19(22)23/h4-9,14,18H,10-13,15H2,1-3H3;5-8,11,13,24H,4,9-10,12H2,1-3H3,(H4,22,23,25)(H,26,27,29). The number of nitrogens with zero attached hydrogens (tertiary/aromatic N) is 4. The second kappa shape index (κ2) is 19.2. The summed E-state index contributed by atoms with van der Waals surface area (Å²) in [6, 6.07) is 22.3. The third kappa shape index (κ3) is 11.9. The van der Waals surface area contributed by atoms with Crippen molar-refractivity contribution in [2.45, 2.75) is 95.7 Å². The van der Waals surface area contributed by atoms with Crippen molar-refractivity contribution in [3.63, 3.8) is 0 Å². The zero-order valence-corrected chi connectivity index (χ0v) is 36.5. The SMILES string of the molecule is CC(C)(C)c1cc2cn(-c3ccc(CNCCCN=C(N)N)cc3)c(=O)nc2[nH]1.CC(C)(C)c1ccc(S(=O)(=O)N(Cc2ccc(Cl)c(Cl)c2)C2CCOCC2)cc1. The van der Waals surface area contributed by atoms with Crippen LogP contribution >= 0.6 is 23.2 Å². The number of halogens is 2. The van der Waals surface area contributed by atoms with Gasteiger partial charge in [0.15, 0.2) is 5.96 Å². The van der Waals surface area contributed by atoms with Crippen molar-refractivity contribution in [1.82, 2.24) is 24.2 Å². The molecule has 0 bridgehead atoms. The Morgan fingerprint density at radius 2 is 1.59 bits per heavy atom. The molecule has 6 N–H and O–H groups in total. The van der Waals surface area contributed by atoms with E-state index in [4.69, 9.17) is 39.4 Å².